The Labute approximate surface area is 156 Å². The Kier molecular flexibility index (Phi) is 5.86. The van der Waals surface area contributed by atoms with Crippen molar-refractivity contribution in [3.63, 3.8) is 0 Å². The van der Waals surface area contributed by atoms with Crippen LogP contribution < -0.4 is 14.2 Å². The normalized spacial score (nSPS) is 10.4. The van der Waals surface area contributed by atoms with Gasteiger partial charge in [-0.05, 0) is 18.2 Å². The molecule has 0 amide bonds. The lowest BCUT2D eigenvalue weighted by Gasteiger charge is -2.16. The highest BCUT2D eigenvalue weighted by Gasteiger charge is 2.16. The lowest BCUT2D eigenvalue weighted by molar-refractivity contribution is -0.117. The summed E-state index contributed by atoms with van der Waals surface area (Å²) in [4.78, 5) is 16.6. The molecule has 0 N–H and O–H groups in total. The van der Waals surface area contributed by atoms with Crippen molar-refractivity contribution in [3.8, 4) is 23.0 Å². The number of aromatic nitrogens is 1. The van der Waals surface area contributed by atoms with Crippen molar-refractivity contribution in [2.75, 3.05) is 14.2 Å². The molecule has 3 rings (SSSR count). The van der Waals surface area contributed by atoms with Crippen LogP contribution in [0.4, 0.5) is 0 Å². The van der Waals surface area contributed by atoms with Gasteiger partial charge in [0.05, 0.1) is 25.6 Å². The van der Waals surface area contributed by atoms with Crippen molar-refractivity contribution in [3.05, 3.63) is 64.6 Å². The molecule has 0 aliphatic heterocycles. The molecule has 6 heteroatoms. The van der Waals surface area contributed by atoms with Gasteiger partial charge < -0.3 is 14.2 Å². The maximum absolute atomic E-state index is 12.4. The summed E-state index contributed by atoms with van der Waals surface area (Å²) in [6, 6.07) is 12.9. The summed E-state index contributed by atoms with van der Waals surface area (Å²) in [6.45, 7) is 0. The van der Waals surface area contributed by atoms with E-state index in [1.54, 1.807) is 32.5 Å². The Morgan fingerprint density at radius 3 is 2.31 bits per heavy atom. The van der Waals surface area contributed by atoms with Crippen LogP contribution in [0.1, 0.15) is 10.6 Å². The molecule has 0 aliphatic rings. The van der Waals surface area contributed by atoms with Crippen molar-refractivity contribution in [1.29, 1.82) is 0 Å². The highest BCUT2D eigenvalue weighted by molar-refractivity contribution is 7.09. The summed E-state index contributed by atoms with van der Waals surface area (Å²) >= 11 is 1.48. The van der Waals surface area contributed by atoms with E-state index in [0.29, 0.717) is 29.4 Å². The third kappa shape index (κ3) is 4.21. The van der Waals surface area contributed by atoms with Crippen LogP contribution in [-0.2, 0) is 17.6 Å². The van der Waals surface area contributed by atoms with Crippen LogP contribution in [0.15, 0.2) is 54.0 Å². The van der Waals surface area contributed by atoms with E-state index >= 15 is 0 Å². The first kappa shape index (κ1) is 17.9. The molecule has 5 nitrogen and oxygen atoms in total. The number of benzene rings is 2. The van der Waals surface area contributed by atoms with Gasteiger partial charge in [0, 0.05) is 23.6 Å². The first-order chi connectivity index (χ1) is 12.7. The average Bonchev–Trinajstić information content (AvgIpc) is 3.16. The van der Waals surface area contributed by atoms with Gasteiger partial charge in [0.25, 0.3) is 0 Å². The molecule has 0 spiro atoms. The van der Waals surface area contributed by atoms with E-state index in [2.05, 4.69) is 4.98 Å². The zero-order valence-electron chi connectivity index (χ0n) is 14.6. The number of carbonyl (C=O) groups excluding carboxylic acids is 1. The molecule has 0 fully saturated rings. The van der Waals surface area contributed by atoms with Crippen molar-refractivity contribution in [2.45, 2.75) is 12.8 Å². The predicted octanol–water partition coefficient (Wildman–Crippen LogP) is 4.31. The highest BCUT2D eigenvalue weighted by atomic mass is 32.1. The van der Waals surface area contributed by atoms with Crippen LogP contribution in [0.25, 0.3) is 0 Å². The third-order valence-corrected chi connectivity index (χ3v) is 4.57. The molecule has 3 aromatic rings. The van der Waals surface area contributed by atoms with Crippen LogP contribution in [0.3, 0.4) is 0 Å². The van der Waals surface area contributed by atoms with Gasteiger partial charge in [-0.15, -0.1) is 11.3 Å². The fraction of sp³-hybridized carbons (Fsp3) is 0.200. The molecule has 0 atom stereocenters. The van der Waals surface area contributed by atoms with Gasteiger partial charge >= 0.3 is 0 Å². The Morgan fingerprint density at radius 2 is 1.65 bits per heavy atom. The molecule has 0 bridgehead atoms. The number of carbonyl (C=O) groups is 1. The van der Waals surface area contributed by atoms with Crippen molar-refractivity contribution >= 4 is 17.1 Å². The molecule has 0 unspecified atom stereocenters. The Hall–Kier alpha value is -2.86. The molecular formula is C20H19NO4S. The summed E-state index contributed by atoms with van der Waals surface area (Å²) in [5.74, 6) is 2.30. The number of methoxy groups -OCH3 is 2. The summed E-state index contributed by atoms with van der Waals surface area (Å²) in [5.41, 5.74) is 0.807. The molecule has 1 heterocycles. The van der Waals surface area contributed by atoms with E-state index < -0.39 is 0 Å². The number of ether oxygens (including phenoxy) is 3. The van der Waals surface area contributed by atoms with E-state index in [0.717, 1.165) is 10.6 Å². The van der Waals surface area contributed by atoms with E-state index in [-0.39, 0.29) is 12.2 Å². The smallest absolute Gasteiger partial charge is 0.211 e. The number of ketones is 1. The number of nitrogens with zero attached hydrogens (tertiary/aromatic N) is 1. The second-order valence-corrected chi connectivity index (χ2v) is 6.50. The first-order valence-electron chi connectivity index (χ1n) is 8.08. The number of rotatable bonds is 8. The lowest BCUT2D eigenvalue weighted by Crippen LogP contribution is -2.07. The fourth-order valence-electron chi connectivity index (χ4n) is 2.56. The molecule has 0 aliphatic carbocycles. The van der Waals surface area contributed by atoms with Gasteiger partial charge in [-0.3, -0.25) is 4.79 Å². The minimum Gasteiger partial charge on any atom is -0.493 e. The number of para-hydroxylation sites is 2. The summed E-state index contributed by atoms with van der Waals surface area (Å²) in [6.07, 6.45) is 2.30. The summed E-state index contributed by atoms with van der Waals surface area (Å²) in [5, 5.41) is 2.69. The topological polar surface area (TPSA) is 57.7 Å². The van der Waals surface area contributed by atoms with Crippen LogP contribution in [0.2, 0.25) is 0 Å². The molecular weight excluding hydrogens is 350 g/mol. The van der Waals surface area contributed by atoms with Crippen LogP contribution in [-0.4, -0.2) is 25.0 Å². The van der Waals surface area contributed by atoms with Crippen molar-refractivity contribution in [2.24, 2.45) is 0 Å². The first-order valence-corrected chi connectivity index (χ1v) is 8.96. The van der Waals surface area contributed by atoms with Crippen molar-refractivity contribution < 1.29 is 19.0 Å². The van der Waals surface area contributed by atoms with E-state index in [9.17, 15) is 4.79 Å². The zero-order valence-corrected chi connectivity index (χ0v) is 15.4. The zero-order chi connectivity index (χ0) is 18.4. The van der Waals surface area contributed by atoms with E-state index in [1.165, 1.54) is 11.3 Å². The Bertz CT molecular complexity index is 855. The number of thiazole rings is 1. The maximum atomic E-state index is 12.4. The van der Waals surface area contributed by atoms with Crippen LogP contribution in [0.5, 0.6) is 23.0 Å². The average molecular weight is 369 g/mol. The molecule has 2 aromatic carbocycles. The standard InChI is InChI=1S/C20H19NO4S/c1-23-17-8-5-9-18(24-2)20(17)25-16-7-4-3-6-14(16)12-15(22)13-19-21-10-11-26-19/h3-11H,12-13H2,1-2H3. The molecule has 0 saturated heterocycles. The van der Waals surface area contributed by atoms with E-state index in [4.69, 9.17) is 14.2 Å². The highest BCUT2D eigenvalue weighted by Crippen LogP contribution is 2.40. The number of hydrogen-bond donors (Lipinski definition) is 0. The van der Waals surface area contributed by atoms with Gasteiger partial charge in [0.2, 0.25) is 5.75 Å². The van der Waals surface area contributed by atoms with Gasteiger partial charge in [0.15, 0.2) is 11.5 Å². The monoisotopic (exact) mass is 369 g/mol. The van der Waals surface area contributed by atoms with Crippen LogP contribution in [0, 0.1) is 0 Å². The lowest BCUT2D eigenvalue weighted by atomic mass is 10.1. The summed E-state index contributed by atoms with van der Waals surface area (Å²) in [7, 11) is 3.15. The number of hydrogen-bond acceptors (Lipinski definition) is 6. The maximum Gasteiger partial charge on any atom is 0.211 e. The third-order valence-electron chi connectivity index (χ3n) is 3.79. The molecule has 26 heavy (non-hydrogen) atoms. The van der Waals surface area contributed by atoms with Gasteiger partial charge in [0.1, 0.15) is 11.5 Å². The molecule has 1 aromatic heterocycles. The van der Waals surface area contributed by atoms with Gasteiger partial charge in [-0.1, -0.05) is 24.3 Å². The van der Waals surface area contributed by atoms with Crippen molar-refractivity contribution in [1.82, 2.24) is 4.98 Å². The van der Waals surface area contributed by atoms with Gasteiger partial charge in [-0.25, -0.2) is 4.98 Å². The molecule has 134 valence electrons. The quantitative estimate of drug-likeness (QED) is 0.592. The molecule has 0 saturated carbocycles. The Balaban J connectivity index is 1.83. The second-order valence-electron chi connectivity index (χ2n) is 5.52. The van der Waals surface area contributed by atoms with Crippen LogP contribution >= 0.6 is 11.3 Å². The SMILES string of the molecule is COc1cccc(OC)c1Oc1ccccc1CC(=O)Cc1nccs1. The molecule has 0 radical (unpaired) electrons. The van der Waals surface area contributed by atoms with Gasteiger partial charge in [-0.2, -0.15) is 0 Å². The summed E-state index contributed by atoms with van der Waals surface area (Å²) < 4.78 is 16.8. The fourth-order valence-corrected chi connectivity index (χ4v) is 3.21. The minimum atomic E-state index is 0.0861. The van der Waals surface area contributed by atoms with E-state index in [1.807, 2.05) is 35.7 Å². The Morgan fingerprint density at radius 1 is 0.962 bits per heavy atom. The minimum absolute atomic E-state index is 0.0861. The predicted molar refractivity (Wildman–Crippen MR) is 101 cm³/mol. The second kappa shape index (κ2) is 8.49. The largest absolute Gasteiger partial charge is 0.493 e. The number of Topliss-reactive ketones (excluding diaryl/α,β-unsaturated/α-hetero) is 1.